The summed E-state index contributed by atoms with van der Waals surface area (Å²) in [7, 11) is 3.67. The molecule has 3 rings (SSSR count). The number of benzene rings is 1. The number of aryl methyl sites for hydroxylation is 1. The molecule has 4 N–H and O–H groups in total. The van der Waals surface area contributed by atoms with Crippen molar-refractivity contribution in [2.75, 3.05) is 0 Å². The maximum Gasteiger partial charge on any atom is 0.187 e. The molecule has 0 amide bonds. The molecule has 0 aliphatic rings. The van der Waals surface area contributed by atoms with Crippen molar-refractivity contribution in [3.63, 3.8) is 0 Å². The Labute approximate surface area is 144 Å². The van der Waals surface area contributed by atoms with Crippen molar-refractivity contribution in [3.05, 3.63) is 53.4 Å². The van der Waals surface area contributed by atoms with Gasteiger partial charge in [-0.15, -0.1) is 0 Å². The van der Waals surface area contributed by atoms with Crippen LogP contribution in [0.2, 0.25) is 5.15 Å². The number of amidine groups is 1. The van der Waals surface area contributed by atoms with Crippen LogP contribution in [0.1, 0.15) is 5.69 Å². The second kappa shape index (κ2) is 5.98. The van der Waals surface area contributed by atoms with Gasteiger partial charge in [0.1, 0.15) is 10.9 Å². The number of aromatic hydroxyl groups is 1. The third-order valence-electron chi connectivity index (χ3n) is 4.03. The van der Waals surface area contributed by atoms with Crippen molar-refractivity contribution in [2.24, 2.45) is 25.0 Å². The van der Waals surface area contributed by atoms with Crippen molar-refractivity contribution in [1.82, 2.24) is 9.13 Å². The number of hydrogen-bond donors (Lipinski definition) is 3. The molecular weight excluding hydrogens is 328 g/mol. The summed E-state index contributed by atoms with van der Waals surface area (Å²) in [6, 6.07) is 10.6. The molecule has 124 valence electrons. The first-order chi connectivity index (χ1) is 11.5. The SMILES string of the molecule is Cn1cccc1-c1c(-c2ccc(O)cc2)c(Cl)n(C)c1C(N)=NO. The van der Waals surface area contributed by atoms with E-state index in [9.17, 15) is 10.3 Å². The topological polar surface area (TPSA) is 88.7 Å². The fraction of sp³-hybridized carbons (Fsp3) is 0.118. The summed E-state index contributed by atoms with van der Waals surface area (Å²) in [5, 5.41) is 22.3. The lowest BCUT2D eigenvalue weighted by Crippen LogP contribution is -2.18. The number of halogens is 1. The van der Waals surface area contributed by atoms with E-state index < -0.39 is 0 Å². The lowest BCUT2D eigenvalue weighted by Gasteiger charge is -2.09. The van der Waals surface area contributed by atoms with E-state index in [0.29, 0.717) is 10.8 Å². The molecule has 1 aromatic carbocycles. The van der Waals surface area contributed by atoms with Gasteiger partial charge in [0.2, 0.25) is 0 Å². The van der Waals surface area contributed by atoms with Crippen molar-refractivity contribution in [1.29, 1.82) is 0 Å². The van der Waals surface area contributed by atoms with E-state index in [1.165, 1.54) is 0 Å². The van der Waals surface area contributed by atoms with Crippen LogP contribution in [0.15, 0.2) is 47.8 Å². The van der Waals surface area contributed by atoms with Gasteiger partial charge < -0.3 is 25.2 Å². The molecule has 0 saturated carbocycles. The molecular formula is C17H17ClN4O2. The molecule has 24 heavy (non-hydrogen) atoms. The standard InChI is InChI=1S/C17H17ClN4O2/c1-21-9-3-4-12(21)14-13(10-5-7-11(23)8-6-10)16(18)22(2)15(14)17(19)20-24/h3-9,23-24H,1-2H3,(H2,19,20). The molecule has 0 spiro atoms. The third-order valence-corrected chi connectivity index (χ3v) is 4.47. The number of rotatable bonds is 3. The summed E-state index contributed by atoms with van der Waals surface area (Å²) >= 11 is 6.56. The molecule has 0 aliphatic carbocycles. The molecule has 0 unspecified atom stereocenters. The van der Waals surface area contributed by atoms with Crippen LogP contribution in [0.4, 0.5) is 0 Å². The summed E-state index contributed by atoms with van der Waals surface area (Å²) in [5.41, 5.74) is 9.64. The maximum absolute atomic E-state index is 9.54. The van der Waals surface area contributed by atoms with Gasteiger partial charge in [-0.1, -0.05) is 28.9 Å². The van der Waals surface area contributed by atoms with Gasteiger partial charge in [-0.05, 0) is 29.8 Å². The number of nitrogens with two attached hydrogens (primary N) is 1. The van der Waals surface area contributed by atoms with Crippen LogP contribution in [-0.4, -0.2) is 25.3 Å². The van der Waals surface area contributed by atoms with E-state index in [1.807, 2.05) is 29.9 Å². The molecule has 0 saturated heterocycles. The maximum atomic E-state index is 9.54. The van der Waals surface area contributed by atoms with Gasteiger partial charge in [0.05, 0.1) is 11.4 Å². The zero-order valence-corrected chi connectivity index (χ0v) is 14.0. The van der Waals surface area contributed by atoms with Crippen molar-refractivity contribution in [2.45, 2.75) is 0 Å². The number of hydrogen-bond acceptors (Lipinski definition) is 3. The first-order valence-corrected chi connectivity index (χ1v) is 7.60. The highest BCUT2D eigenvalue weighted by molar-refractivity contribution is 6.34. The van der Waals surface area contributed by atoms with E-state index in [-0.39, 0.29) is 11.6 Å². The zero-order chi connectivity index (χ0) is 17.4. The van der Waals surface area contributed by atoms with E-state index in [2.05, 4.69) is 5.16 Å². The van der Waals surface area contributed by atoms with Gasteiger partial charge in [-0.3, -0.25) is 0 Å². The normalized spacial score (nSPS) is 11.9. The molecule has 0 bridgehead atoms. The molecule has 7 heteroatoms. The third kappa shape index (κ3) is 2.41. The Morgan fingerprint density at radius 3 is 2.33 bits per heavy atom. The van der Waals surface area contributed by atoms with Crippen LogP contribution in [-0.2, 0) is 14.1 Å². The van der Waals surface area contributed by atoms with Crippen molar-refractivity contribution in [3.8, 4) is 28.1 Å². The van der Waals surface area contributed by atoms with E-state index in [4.69, 9.17) is 17.3 Å². The van der Waals surface area contributed by atoms with Gasteiger partial charge in [0.25, 0.3) is 0 Å². The fourth-order valence-corrected chi connectivity index (χ4v) is 3.15. The lowest BCUT2D eigenvalue weighted by atomic mass is 10.00. The van der Waals surface area contributed by atoms with Gasteiger partial charge in [0, 0.05) is 31.4 Å². The van der Waals surface area contributed by atoms with Gasteiger partial charge >= 0.3 is 0 Å². The smallest absolute Gasteiger partial charge is 0.187 e. The minimum atomic E-state index is -0.0272. The Hall–Kier alpha value is -2.86. The molecule has 2 heterocycles. The van der Waals surface area contributed by atoms with Crippen LogP contribution in [0, 0.1) is 0 Å². The molecule has 0 fully saturated rings. The molecule has 0 aliphatic heterocycles. The van der Waals surface area contributed by atoms with Crippen molar-refractivity contribution < 1.29 is 10.3 Å². The summed E-state index contributed by atoms with van der Waals surface area (Å²) in [6.07, 6.45) is 1.91. The minimum Gasteiger partial charge on any atom is -0.508 e. The average molecular weight is 345 g/mol. The number of oxime groups is 1. The summed E-state index contributed by atoms with van der Waals surface area (Å²) < 4.78 is 3.62. The first-order valence-electron chi connectivity index (χ1n) is 7.23. The van der Waals surface area contributed by atoms with Crippen LogP contribution < -0.4 is 5.73 Å². The van der Waals surface area contributed by atoms with Gasteiger partial charge in [-0.25, -0.2) is 0 Å². The number of aromatic nitrogens is 2. The Kier molecular flexibility index (Phi) is 3.99. The summed E-state index contributed by atoms with van der Waals surface area (Å²) in [4.78, 5) is 0. The van der Waals surface area contributed by atoms with Crippen LogP contribution in [0.3, 0.4) is 0 Å². The predicted octanol–water partition coefficient (Wildman–Crippen LogP) is 3.15. The number of phenolic OH excluding ortho intramolecular Hbond substituents is 1. The van der Waals surface area contributed by atoms with Crippen LogP contribution in [0.5, 0.6) is 5.75 Å². The number of phenols is 1. The zero-order valence-electron chi connectivity index (χ0n) is 13.2. The summed E-state index contributed by atoms with van der Waals surface area (Å²) in [6.45, 7) is 0. The minimum absolute atomic E-state index is 0.0272. The van der Waals surface area contributed by atoms with E-state index >= 15 is 0 Å². The highest BCUT2D eigenvalue weighted by Crippen LogP contribution is 2.42. The average Bonchev–Trinajstić information content (AvgIpc) is 3.10. The second-order valence-electron chi connectivity index (χ2n) is 5.48. The van der Waals surface area contributed by atoms with E-state index in [1.54, 1.807) is 35.9 Å². The largest absolute Gasteiger partial charge is 0.508 e. The van der Waals surface area contributed by atoms with E-state index in [0.717, 1.165) is 22.4 Å². The predicted molar refractivity (Wildman–Crippen MR) is 94.4 cm³/mol. The first kappa shape index (κ1) is 16.0. The highest BCUT2D eigenvalue weighted by atomic mass is 35.5. The Bertz CT molecular complexity index is 923. The monoisotopic (exact) mass is 344 g/mol. The number of nitrogens with zero attached hydrogens (tertiary/aromatic N) is 3. The quantitative estimate of drug-likeness (QED) is 0.295. The second-order valence-corrected chi connectivity index (χ2v) is 5.84. The van der Waals surface area contributed by atoms with Crippen LogP contribution >= 0.6 is 11.6 Å². The molecule has 6 nitrogen and oxygen atoms in total. The molecule has 0 radical (unpaired) electrons. The lowest BCUT2D eigenvalue weighted by molar-refractivity contribution is 0.318. The van der Waals surface area contributed by atoms with Gasteiger partial charge in [0.15, 0.2) is 5.84 Å². The fourth-order valence-electron chi connectivity index (χ4n) is 2.86. The van der Waals surface area contributed by atoms with Crippen molar-refractivity contribution >= 4 is 17.4 Å². The molecule has 2 aromatic heterocycles. The summed E-state index contributed by atoms with van der Waals surface area (Å²) in [5.74, 6) is 0.142. The highest BCUT2D eigenvalue weighted by Gasteiger charge is 2.26. The molecule has 3 aromatic rings. The van der Waals surface area contributed by atoms with Crippen LogP contribution in [0.25, 0.3) is 22.4 Å². The molecule has 0 atom stereocenters. The van der Waals surface area contributed by atoms with Gasteiger partial charge in [-0.2, -0.15) is 0 Å². The Morgan fingerprint density at radius 1 is 1.12 bits per heavy atom. The Balaban J connectivity index is 2.41. The Morgan fingerprint density at radius 2 is 1.79 bits per heavy atom.